The van der Waals surface area contributed by atoms with Crippen LogP contribution in [0, 0.1) is 11.6 Å². The van der Waals surface area contributed by atoms with Gasteiger partial charge < -0.3 is 25.0 Å². The number of fused-ring (bicyclic) bond motifs is 1. The third-order valence-corrected chi connectivity index (χ3v) is 10.0. The molecule has 12 heteroatoms. The smallest absolute Gasteiger partial charge is 0.317 e. The van der Waals surface area contributed by atoms with E-state index in [1.807, 2.05) is 43.3 Å². The molecule has 234 valence electrons. The SMILES string of the molecule is CCNC(=O)N1CCN(C(=O)[C@]2(Sc3ccccc3)CC(=O)N(Cc3ccc(F)c(F)c3)[C@H]2c2c[nH]c3cc(Cl)ccc23)CC1. The van der Waals surface area contributed by atoms with Crippen LogP contribution in [0.4, 0.5) is 13.6 Å². The van der Waals surface area contributed by atoms with Gasteiger partial charge in [0, 0.05) is 71.8 Å². The summed E-state index contributed by atoms with van der Waals surface area (Å²) in [4.78, 5) is 50.6. The quantitative estimate of drug-likeness (QED) is 0.258. The Bertz CT molecular complexity index is 1750. The number of hydrogen-bond acceptors (Lipinski definition) is 4. The normalized spacial score (nSPS) is 20.2. The van der Waals surface area contributed by atoms with Gasteiger partial charge in [-0.05, 0) is 48.9 Å². The molecule has 3 aromatic carbocycles. The summed E-state index contributed by atoms with van der Waals surface area (Å²) >= 11 is 7.63. The fraction of sp³-hybridized carbons (Fsp3) is 0.303. The number of halogens is 3. The van der Waals surface area contributed by atoms with E-state index in [2.05, 4.69) is 10.3 Å². The molecular weight excluding hydrogens is 620 g/mol. The Hall–Kier alpha value is -4.09. The van der Waals surface area contributed by atoms with E-state index < -0.39 is 22.4 Å². The van der Waals surface area contributed by atoms with Crippen molar-refractivity contribution in [2.24, 2.45) is 0 Å². The van der Waals surface area contributed by atoms with E-state index in [1.165, 1.54) is 17.8 Å². The van der Waals surface area contributed by atoms with E-state index in [0.29, 0.717) is 48.9 Å². The van der Waals surface area contributed by atoms with Crippen LogP contribution < -0.4 is 5.32 Å². The summed E-state index contributed by atoms with van der Waals surface area (Å²) in [7, 11) is 0. The Kier molecular flexibility index (Phi) is 8.74. The number of aromatic amines is 1. The number of carbonyl (C=O) groups is 3. The monoisotopic (exact) mass is 651 g/mol. The highest BCUT2D eigenvalue weighted by Gasteiger charge is 2.60. The molecular formula is C33H32ClF2N5O3S. The number of rotatable bonds is 7. The van der Waals surface area contributed by atoms with Crippen molar-refractivity contribution in [2.75, 3.05) is 32.7 Å². The minimum atomic E-state index is -1.32. The number of nitrogens with one attached hydrogen (secondary N) is 2. The zero-order valence-electron chi connectivity index (χ0n) is 24.6. The number of H-pyrrole nitrogens is 1. The molecule has 4 aromatic rings. The lowest BCUT2D eigenvalue weighted by molar-refractivity contribution is -0.136. The fourth-order valence-corrected chi connectivity index (χ4v) is 7.93. The molecule has 45 heavy (non-hydrogen) atoms. The third-order valence-electron chi connectivity index (χ3n) is 8.38. The minimum absolute atomic E-state index is 0.0314. The predicted molar refractivity (Wildman–Crippen MR) is 170 cm³/mol. The lowest BCUT2D eigenvalue weighted by atomic mass is 9.90. The van der Waals surface area contributed by atoms with Crippen molar-refractivity contribution in [1.82, 2.24) is 25.0 Å². The van der Waals surface area contributed by atoms with Crippen LogP contribution in [0.1, 0.15) is 30.5 Å². The first-order valence-corrected chi connectivity index (χ1v) is 16.0. The molecule has 2 aliphatic heterocycles. The van der Waals surface area contributed by atoms with Crippen LogP contribution in [0.2, 0.25) is 5.02 Å². The maximum atomic E-state index is 14.9. The number of likely N-dealkylation sites (tertiary alicyclic amines) is 1. The Morgan fingerprint density at radius 3 is 2.44 bits per heavy atom. The van der Waals surface area contributed by atoms with Crippen molar-refractivity contribution < 1.29 is 23.2 Å². The van der Waals surface area contributed by atoms with Crippen LogP contribution in [-0.4, -0.2) is 75.0 Å². The molecule has 0 radical (unpaired) electrons. The molecule has 0 unspecified atom stereocenters. The molecule has 0 saturated carbocycles. The molecule has 0 bridgehead atoms. The van der Waals surface area contributed by atoms with Gasteiger partial charge in [0.2, 0.25) is 11.8 Å². The molecule has 2 N–H and O–H groups in total. The summed E-state index contributed by atoms with van der Waals surface area (Å²) in [5, 5.41) is 4.13. The summed E-state index contributed by atoms with van der Waals surface area (Å²) in [5.74, 6) is -2.50. The average molecular weight is 652 g/mol. The van der Waals surface area contributed by atoms with E-state index in [9.17, 15) is 23.2 Å². The van der Waals surface area contributed by atoms with E-state index in [4.69, 9.17) is 11.6 Å². The Balaban J connectivity index is 1.46. The van der Waals surface area contributed by atoms with Gasteiger partial charge in [-0.15, -0.1) is 11.8 Å². The minimum Gasteiger partial charge on any atom is -0.361 e. The number of thioether (sulfide) groups is 1. The summed E-state index contributed by atoms with van der Waals surface area (Å²) < 4.78 is 26.8. The topological polar surface area (TPSA) is 88.8 Å². The largest absolute Gasteiger partial charge is 0.361 e. The van der Waals surface area contributed by atoms with Gasteiger partial charge in [-0.1, -0.05) is 41.9 Å². The maximum Gasteiger partial charge on any atom is 0.317 e. The van der Waals surface area contributed by atoms with E-state index in [1.54, 1.807) is 33.0 Å². The summed E-state index contributed by atoms with van der Waals surface area (Å²) in [6.07, 6.45) is 1.68. The highest BCUT2D eigenvalue weighted by molar-refractivity contribution is 8.01. The van der Waals surface area contributed by atoms with Gasteiger partial charge in [-0.3, -0.25) is 9.59 Å². The standard InChI is InChI=1S/C33H32ClF2N5O3S/c1-2-37-32(44)40-14-12-39(13-15-40)31(43)33(45-23-6-4-3-5-7-23)18-29(42)41(20-21-8-11-26(35)27(36)16-21)30(33)25-19-38-28-17-22(34)9-10-24(25)28/h3-11,16-17,19,30,38H,2,12-15,18,20H2,1H3,(H,37,44)/t30-,33-/m0/s1. The summed E-state index contributed by atoms with van der Waals surface area (Å²) in [6, 6.07) is 17.5. The molecule has 2 aliphatic rings. The zero-order chi connectivity index (χ0) is 31.7. The number of urea groups is 1. The number of carbonyl (C=O) groups excluding carboxylic acids is 3. The summed E-state index contributed by atoms with van der Waals surface area (Å²) in [5.41, 5.74) is 1.86. The molecule has 4 amide bonds. The second-order valence-electron chi connectivity index (χ2n) is 11.2. The van der Waals surface area contributed by atoms with Crippen molar-refractivity contribution in [3.63, 3.8) is 0 Å². The Morgan fingerprint density at radius 1 is 1.00 bits per heavy atom. The predicted octanol–water partition coefficient (Wildman–Crippen LogP) is 5.98. The van der Waals surface area contributed by atoms with Crippen LogP contribution in [-0.2, 0) is 16.1 Å². The fourth-order valence-electron chi connectivity index (χ4n) is 6.27. The molecule has 0 aliphatic carbocycles. The number of hydrogen-bond donors (Lipinski definition) is 2. The van der Waals surface area contributed by atoms with Gasteiger partial charge in [-0.2, -0.15) is 0 Å². The van der Waals surface area contributed by atoms with Crippen molar-refractivity contribution in [3.05, 3.63) is 101 Å². The number of benzene rings is 3. The maximum absolute atomic E-state index is 14.9. The van der Waals surface area contributed by atoms with Crippen molar-refractivity contribution in [3.8, 4) is 0 Å². The Labute approximate surface area is 268 Å². The zero-order valence-corrected chi connectivity index (χ0v) is 26.1. The van der Waals surface area contributed by atoms with Crippen LogP contribution in [0.25, 0.3) is 10.9 Å². The summed E-state index contributed by atoms with van der Waals surface area (Å²) in [6.45, 7) is 3.64. The first kappa shape index (κ1) is 30.9. The second-order valence-corrected chi connectivity index (χ2v) is 13.0. The molecule has 1 aromatic heterocycles. The third kappa shape index (κ3) is 5.98. The van der Waals surface area contributed by atoms with Gasteiger partial charge in [0.15, 0.2) is 11.6 Å². The number of aromatic nitrogens is 1. The highest BCUT2D eigenvalue weighted by Crippen LogP contribution is 2.55. The number of piperazine rings is 1. The second kappa shape index (κ2) is 12.7. The molecule has 2 fully saturated rings. The first-order valence-electron chi connectivity index (χ1n) is 14.8. The lowest BCUT2D eigenvalue weighted by Gasteiger charge is -2.42. The molecule has 2 atom stereocenters. The molecule has 2 saturated heterocycles. The van der Waals surface area contributed by atoms with Gasteiger partial charge in [-0.25, -0.2) is 13.6 Å². The van der Waals surface area contributed by atoms with Crippen LogP contribution in [0.15, 0.2) is 77.8 Å². The lowest BCUT2D eigenvalue weighted by Crippen LogP contribution is -2.58. The van der Waals surface area contributed by atoms with E-state index in [-0.39, 0.29) is 30.8 Å². The Morgan fingerprint density at radius 2 is 1.73 bits per heavy atom. The van der Waals surface area contributed by atoms with E-state index >= 15 is 0 Å². The van der Waals surface area contributed by atoms with Crippen molar-refractivity contribution in [2.45, 2.75) is 35.6 Å². The van der Waals surface area contributed by atoms with Crippen LogP contribution >= 0.6 is 23.4 Å². The van der Waals surface area contributed by atoms with Crippen molar-refractivity contribution >= 4 is 52.1 Å². The average Bonchev–Trinajstić information content (AvgIpc) is 3.56. The van der Waals surface area contributed by atoms with Gasteiger partial charge in [0.1, 0.15) is 4.75 Å². The van der Waals surface area contributed by atoms with Gasteiger partial charge in [0.05, 0.1) is 12.5 Å². The highest BCUT2D eigenvalue weighted by atomic mass is 35.5. The molecule has 8 nitrogen and oxygen atoms in total. The van der Waals surface area contributed by atoms with E-state index in [0.717, 1.165) is 27.9 Å². The first-order chi connectivity index (χ1) is 21.7. The van der Waals surface area contributed by atoms with Crippen LogP contribution in [0.3, 0.4) is 0 Å². The molecule has 3 heterocycles. The molecule has 0 spiro atoms. The number of amides is 4. The molecule has 6 rings (SSSR count). The van der Waals surface area contributed by atoms with Crippen LogP contribution in [0.5, 0.6) is 0 Å². The van der Waals surface area contributed by atoms with Gasteiger partial charge in [0.25, 0.3) is 0 Å². The van der Waals surface area contributed by atoms with Gasteiger partial charge >= 0.3 is 6.03 Å². The van der Waals surface area contributed by atoms with Crippen molar-refractivity contribution in [1.29, 1.82) is 0 Å². The number of nitrogens with zero attached hydrogens (tertiary/aromatic N) is 3.